The minimum atomic E-state index is -0.781. The van der Waals surface area contributed by atoms with Gasteiger partial charge in [-0.3, -0.25) is 4.99 Å². The van der Waals surface area contributed by atoms with E-state index in [0.717, 1.165) is 17.4 Å². The fourth-order valence-corrected chi connectivity index (χ4v) is 2.73. The van der Waals surface area contributed by atoms with Crippen LogP contribution in [0.5, 0.6) is 0 Å². The summed E-state index contributed by atoms with van der Waals surface area (Å²) >= 11 is 1.63. The first-order chi connectivity index (χ1) is 6.25. The van der Waals surface area contributed by atoms with Gasteiger partial charge < -0.3 is 5.11 Å². The predicted molar refractivity (Wildman–Crippen MR) is 53.3 cm³/mol. The predicted octanol–water partition coefficient (Wildman–Crippen LogP) is 1.78. The van der Waals surface area contributed by atoms with Gasteiger partial charge in [-0.25, -0.2) is 4.79 Å². The van der Waals surface area contributed by atoms with Crippen LogP contribution in [-0.4, -0.2) is 27.9 Å². The highest BCUT2D eigenvalue weighted by molar-refractivity contribution is 8.14. The van der Waals surface area contributed by atoms with Crippen LogP contribution in [0, 0.1) is 5.92 Å². The third kappa shape index (κ3) is 2.05. The Hall–Kier alpha value is -0.510. The fraction of sp³-hybridized carbons (Fsp3) is 0.778. The highest BCUT2D eigenvalue weighted by Gasteiger charge is 2.27. The Labute approximate surface area is 81.6 Å². The molecule has 72 valence electrons. The van der Waals surface area contributed by atoms with Gasteiger partial charge in [-0.2, -0.15) is 0 Å². The van der Waals surface area contributed by atoms with E-state index in [1.54, 1.807) is 11.8 Å². The SMILES string of the molecule is O=C(O)C1CSC(CC2CCC2)=N1. The van der Waals surface area contributed by atoms with Gasteiger partial charge in [0, 0.05) is 5.75 Å². The van der Waals surface area contributed by atoms with E-state index in [9.17, 15) is 4.79 Å². The summed E-state index contributed by atoms with van der Waals surface area (Å²) in [5, 5.41) is 9.78. The molecule has 2 aliphatic rings. The second-order valence-corrected chi connectivity index (χ2v) is 4.78. The molecule has 1 aliphatic heterocycles. The molecular formula is C9H13NO2S. The van der Waals surface area contributed by atoms with Crippen LogP contribution >= 0.6 is 11.8 Å². The monoisotopic (exact) mass is 199 g/mol. The Morgan fingerprint density at radius 2 is 2.38 bits per heavy atom. The standard InChI is InChI=1S/C9H13NO2S/c11-9(12)7-5-13-8(10-7)4-6-2-1-3-6/h6-7H,1-5H2,(H,11,12). The summed E-state index contributed by atoms with van der Waals surface area (Å²) in [5.74, 6) is 0.645. The highest BCUT2D eigenvalue weighted by Crippen LogP contribution is 2.33. The largest absolute Gasteiger partial charge is 0.480 e. The van der Waals surface area contributed by atoms with Crippen LogP contribution in [0.2, 0.25) is 0 Å². The molecule has 1 atom stereocenters. The van der Waals surface area contributed by atoms with E-state index < -0.39 is 12.0 Å². The first kappa shape index (κ1) is 9.06. The van der Waals surface area contributed by atoms with Gasteiger partial charge in [-0.05, 0) is 12.3 Å². The third-order valence-electron chi connectivity index (χ3n) is 2.68. The summed E-state index contributed by atoms with van der Waals surface area (Å²) in [6.07, 6.45) is 4.97. The Bertz CT molecular complexity index is 248. The fourth-order valence-electron chi connectivity index (χ4n) is 1.61. The second-order valence-electron chi connectivity index (χ2n) is 3.69. The van der Waals surface area contributed by atoms with Crippen LogP contribution in [-0.2, 0) is 4.79 Å². The minimum absolute atomic E-state index is 0.472. The number of carboxylic acids is 1. The minimum Gasteiger partial charge on any atom is -0.480 e. The molecule has 0 aromatic carbocycles. The number of hydrogen-bond donors (Lipinski definition) is 1. The number of hydrogen-bond acceptors (Lipinski definition) is 3. The van der Waals surface area contributed by atoms with Crippen LogP contribution in [0.3, 0.4) is 0 Å². The molecule has 1 N–H and O–H groups in total. The van der Waals surface area contributed by atoms with Crippen molar-refractivity contribution in [2.45, 2.75) is 31.7 Å². The topological polar surface area (TPSA) is 49.7 Å². The smallest absolute Gasteiger partial charge is 0.329 e. The lowest BCUT2D eigenvalue weighted by molar-refractivity contribution is -0.137. The van der Waals surface area contributed by atoms with Gasteiger partial charge >= 0.3 is 5.97 Å². The Morgan fingerprint density at radius 1 is 1.62 bits per heavy atom. The molecule has 4 heteroatoms. The number of thioether (sulfide) groups is 1. The van der Waals surface area contributed by atoms with E-state index in [4.69, 9.17) is 5.11 Å². The highest BCUT2D eigenvalue weighted by atomic mass is 32.2. The number of carbonyl (C=O) groups is 1. The van der Waals surface area contributed by atoms with Crippen molar-refractivity contribution in [3.05, 3.63) is 0 Å². The van der Waals surface area contributed by atoms with Gasteiger partial charge in [-0.1, -0.05) is 19.3 Å². The number of aliphatic imine (C=N–C) groups is 1. The molecule has 1 heterocycles. The van der Waals surface area contributed by atoms with E-state index in [0.29, 0.717) is 5.75 Å². The van der Waals surface area contributed by atoms with E-state index in [1.165, 1.54) is 19.3 Å². The summed E-state index contributed by atoms with van der Waals surface area (Å²) in [5.41, 5.74) is 0. The van der Waals surface area contributed by atoms with Crippen LogP contribution < -0.4 is 0 Å². The van der Waals surface area contributed by atoms with Crippen molar-refractivity contribution in [1.82, 2.24) is 0 Å². The van der Waals surface area contributed by atoms with E-state index in [1.807, 2.05) is 0 Å². The molecule has 0 bridgehead atoms. The Kier molecular flexibility index (Phi) is 2.58. The molecule has 13 heavy (non-hydrogen) atoms. The number of nitrogens with zero attached hydrogens (tertiary/aromatic N) is 1. The first-order valence-corrected chi connectivity index (χ1v) is 5.66. The Morgan fingerprint density at radius 3 is 2.85 bits per heavy atom. The average molecular weight is 199 g/mol. The van der Waals surface area contributed by atoms with Gasteiger partial charge in [0.1, 0.15) is 0 Å². The summed E-state index contributed by atoms with van der Waals surface area (Å²) < 4.78 is 0. The van der Waals surface area contributed by atoms with Crippen molar-refractivity contribution in [3.8, 4) is 0 Å². The van der Waals surface area contributed by atoms with Gasteiger partial charge in [0.05, 0.1) is 5.04 Å². The van der Waals surface area contributed by atoms with Gasteiger partial charge in [-0.15, -0.1) is 11.8 Å². The summed E-state index contributed by atoms with van der Waals surface area (Å²) in [7, 11) is 0. The summed E-state index contributed by atoms with van der Waals surface area (Å²) in [6, 6.07) is -0.472. The van der Waals surface area contributed by atoms with Gasteiger partial charge in [0.15, 0.2) is 6.04 Å². The second kappa shape index (κ2) is 3.70. The van der Waals surface area contributed by atoms with Gasteiger partial charge in [0.2, 0.25) is 0 Å². The third-order valence-corrected chi connectivity index (χ3v) is 3.77. The lowest BCUT2D eigenvalue weighted by Crippen LogP contribution is -2.17. The summed E-state index contributed by atoms with van der Waals surface area (Å²) in [6.45, 7) is 0. The van der Waals surface area contributed by atoms with Crippen LogP contribution in [0.1, 0.15) is 25.7 Å². The molecule has 0 spiro atoms. The van der Waals surface area contributed by atoms with Crippen LogP contribution in [0.15, 0.2) is 4.99 Å². The lowest BCUT2D eigenvalue weighted by Gasteiger charge is -2.24. The average Bonchev–Trinajstić information content (AvgIpc) is 2.44. The van der Waals surface area contributed by atoms with E-state index >= 15 is 0 Å². The molecule has 1 aliphatic carbocycles. The molecule has 0 aromatic heterocycles. The van der Waals surface area contributed by atoms with Crippen molar-refractivity contribution >= 4 is 22.8 Å². The molecule has 1 unspecified atom stereocenters. The zero-order valence-electron chi connectivity index (χ0n) is 7.40. The van der Waals surface area contributed by atoms with Crippen LogP contribution in [0.4, 0.5) is 0 Å². The maximum atomic E-state index is 10.6. The van der Waals surface area contributed by atoms with E-state index in [2.05, 4.69) is 4.99 Å². The van der Waals surface area contributed by atoms with Crippen molar-refractivity contribution in [1.29, 1.82) is 0 Å². The summed E-state index contributed by atoms with van der Waals surface area (Å²) in [4.78, 5) is 14.8. The van der Waals surface area contributed by atoms with Crippen LogP contribution in [0.25, 0.3) is 0 Å². The first-order valence-electron chi connectivity index (χ1n) is 4.68. The lowest BCUT2D eigenvalue weighted by atomic mass is 9.83. The van der Waals surface area contributed by atoms with Crippen molar-refractivity contribution < 1.29 is 9.90 Å². The quantitative estimate of drug-likeness (QED) is 0.753. The molecule has 0 amide bonds. The molecule has 0 saturated heterocycles. The number of rotatable bonds is 3. The molecule has 3 nitrogen and oxygen atoms in total. The maximum absolute atomic E-state index is 10.6. The van der Waals surface area contributed by atoms with Crippen molar-refractivity contribution in [2.24, 2.45) is 10.9 Å². The van der Waals surface area contributed by atoms with Crippen molar-refractivity contribution in [3.63, 3.8) is 0 Å². The molecule has 0 aromatic rings. The Balaban J connectivity index is 1.86. The molecule has 1 fully saturated rings. The zero-order chi connectivity index (χ0) is 9.26. The zero-order valence-corrected chi connectivity index (χ0v) is 8.22. The molecule has 1 saturated carbocycles. The van der Waals surface area contributed by atoms with Crippen molar-refractivity contribution in [2.75, 3.05) is 5.75 Å². The maximum Gasteiger partial charge on any atom is 0.329 e. The number of aliphatic carboxylic acids is 1. The normalized spacial score (nSPS) is 28.3. The number of carboxylic acid groups (broad SMARTS) is 1. The van der Waals surface area contributed by atoms with Gasteiger partial charge in [0.25, 0.3) is 0 Å². The molecule has 2 rings (SSSR count). The molecular weight excluding hydrogens is 186 g/mol. The molecule has 0 radical (unpaired) electrons. The van der Waals surface area contributed by atoms with E-state index in [-0.39, 0.29) is 0 Å².